The molecule has 1 rings (SSSR count). The lowest BCUT2D eigenvalue weighted by Gasteiger charge is -2.09. The van der Waals surface area contributed by atoms with Crippen molar-refractivity contribution in [2.45, 2.75) is 19.8 Å². The third-order valence-electron chi connectivity index (χ3n) is 2.41. The molecule has 4 heteroatoms. The third kappa shape index (κ3) is 5.29. The first-order valence-electron chi connectivity index (χ1n) is 6.08. The maximum atomic E-state index is 6.10. The third-order valence-corrected chi connectivity index (χ3v) is 2.71. The van der Waals surface area contributed by atoms with Crippen LogP contribution in [-0.2, 0) is 0 Å². The molecule has 0 spiro atoms. The number of hydrogen-bond donors (Lipinski definition) is 2. The van der Waals surface area contributed by atoms with Crippen molar-refractivity contribution in [1.29, 1.82) is 0 Å². The summed E-state index contributed by atoms with van der Waals surface area (Å²) in [6, 6.07) is 5.81. The van der Waals surface area contributed by atoms with Crippen molar-refractivity contribution in [3.05, 3.63) is 23.2 Å². The zero-order valence-electron chi connectivity index (χ0n) is 10.6. The van der Waals surface area contributed by atoms with Crippen molar-refractivity contribution in [2.75, 3.05) is 32.1 Å². The van der Waals surface area contributed by atoms with Gasteiger partial charge in [-0.2, -0.15) is 0 Å². The van der Waals surface area contributed by atoms with Gasteiger partial charge in [0.2, 0.25) is 0 Å². The Morgan fingerprint density at radius 3 is 2.65 bits per heavy atom. The van der Waals surface area contributed by atoms with Gasteiger partial charge in [0.15, 0.2) is 0 Å². The highest BCUT2D eigenvalue weighted by atomic mass is 35.5. The largest absolute Gasteiger partial charge is 0.492 e. The molecule has 0 radical (unpaired) electrons. The molecule has 1 aromatic rings. The van der Waals surface area contributed by atoms with Gasteiger partial charge in [0.05, 0.1) is 11.6 Å². The molecule has 0 heterocycles. The Morgan fingerprint density at radius 1 is 1.24 bits per heavy atom. The lowest BCUT2D eigenvalue weighted by Crippen LogP contribution is -2.10. The van der Waals surface area contributed by atoms with Gasteiger partial charge in [0.25, 0.3) is 0 Å². The number of anilines is 1. The standard InChI is InChI=1S/C13H21ClN2O/c1-3-17-13-7-6-11(10-12(13)14)16-9-5-4-8-15-2/h6-7,10,15-16H,3-5,8-9H2,1-2H3. The number of unbranched alkanes of at least 4 members (excludes halogenated alkanes) is 1. The number of benzene rings is 1. The average molecular weight is 257 g/mol. The zero-order valence-corrected chi connectivity index (χ0v) is 11.3. The molecule has 0 fully saturated rings. The fourth-order valence-corrected chi connectivity index (χ4v) is 1.78. The minimum absolute atomic E-state index is 0.635. The summed E-state index contributed by atoms with van der Waals surface area (Å²) in [5.41, 5.74) is 1.04. The van der Waals surface area contributed by atoms with Crippen molar-refractivity contribution in [3.63, 3.8) is 0 Å². The van der Waals surface area contributed by atoms with Crippen molar-refractivity contribution in [2.24, 2.45) is 0 Å². The van der Waals surface area contributed by atoms with Gasteiger partial charge in [-0.1, -0.05) is 11.6 Å². The van der Waals surface area contributed by atoms with Crippen LogP contribution in [0.2, 0.25) is 5.02 Å². The fraction of sp³-hybridized carbons (Fsp3) is 0.538. The normalized spacial score (nSPS) is 10.3. The highest BCUT2D eigenvalue weighted by molar-refractivity contribution is 6.32. The van der Waals surface area contributed by atoms with Crippen LogP contribution in [0.1, 0.15) is 19.8 Å². The molecule has 0 amide bonds. The molecule has 0 unspecified atom stereocenters. The number of hydrogen-bond acceptors (Lipinski definition) is 3. The maximum Gasteiger partial charge on any atom is 0.138 e. The van der Waals surface area contributed by atoms with Crippen LogP contribution in [0.4, 0.5) is 5.69 Å². The molecule has 1 aromatic carbocycles. The molecule has 17 heavy (non-hydrogen) atoms. The van der Waals surface area contributed by atoms with E-state index in [1.165, 1.54) is 6.42 Å². The van der Waals surface area contributed by atoms with E-state index in [2.05, 4.69) is 10.6 Å². The number of ether oxygens (including phenoxy) is 1. The van der Waals surface area contributed by atoms with Crippen LogP contribution < -0.4 is 15.4 Å². The Labute approximate surface area is 109 Å². The number of halogens is 1. The van der Waals surface area contributed by atoms with E-state index < -0.39 is 0 Å². The Hall–Kier alpha value is -0.930. The Morgan fingerprint density at radius 2 is 2.00 bits per heavy atom. The number of nitrogens with one attached hydrogen (secondary N) is 2. The molecule has 0 saturated carbocycles. The second kappa shape index (κ2) is 8.20. The molecule has 0 aromatic heterocycles. The molecule has 0 aliphatic carbocycles. The van der Waals surface area contributed by atoms with E-state index in [-0.39, 0.29) is 0 Å². The molecule has 3 nitrogen and oxygen atoms in total. The van der Waals surface area contributed by atoms with Crippen molar-refractivity contribution in [3.8, 4) is 5.75 Å². The summed E-state index contributed by atoms with van der Waals surface area (Å²) in [4.78, 5) is 0. The van der Waals surface area contributed by atoms with Gasteiger partial charge in [-0.05, 0) is 51.6 Å². The summed E-state index contributed by atoms with van der Waals surface area (Å²) in [5.74, 6) is 0.745. The fourth-order valence-electron chi connectivity index (χ4n) is 1.54. The van der Waals surface area contributed by atoms with E-state index in [1.54, 1.807) is 0 Å². The van der Waals surface area contributed by atoms with Gasteiger partial charge in [0, 0.05) is 12.2 Å². The first kappa shape index (κ1) is 14.1. The Kier molecular flexibility index (Phi) is 6.82. The molecule has 0 aliphatic rings. The quantitative estimate of drug-likeness (QED) is 0.701. The van der Waals surface area contributed by atoms with E-state index in [9.17, 15) is 0 Å². The van der Waals surface area contributed by atoms with Crippen LogP contribution in [0, 0.1) is 0 Å². The van der Waals surface area contributed by atoms with Crippen molar-refractivity contribution < 1.29 is 4.74 Å². The monoisotopic (exact) mass is 256 g/mol. The molecule has 96 valence electrons. The van der Waals surface area contributed by atoms with Crippen LogP contribution in [-0.4, -0.2) is 26.7 Å². The molecule has 0 bridgehead atoms. The second-order valence-electron chi connectivity index (χ2n) is 3.82. The lowest BCUT2D eigenvalue weighted by molar-refractivity contribution is 0.340. The van der Waals surface area contributed by atoms with Gasteiger partial charge >= 0.3 is 0 Å². The molecule has 0 aliphatic heterocycles. The SMILES string of the molecule is CCOc1ccc(NCCCCNC)cc1Cl. The minimum atomic E-state index is 0.635. The molecule has 0 saturated heterocycles. The molecular formula is C13H21ClN2O. The van der Waals surface area contributed by atoms with Gasteiger partial charge in [-0.3, -0.25) is 0 Å². The minimum Gasteiger partial charge on any atom is -0.492 e. The predicted molar refractivity (Wildman–Crippen MR) is 74.3 cm³/mol. The van der Waals surface area contributed by atoms with E-state index in [4.69, 9.17) is 16.3 Å². The van der Waals surface area contributed by atoms with Gasteiger partial charge < -0.3 is 15.4 Å². The lowest BCUT2D eigenvalue weighted by atomic mass is 10.2. The Balaban J connectivity index is 2.36. The predicted octanol–water partition coefficient (Wildman–Crippen LogP) is 3.15. The highest BCUT2D eigenvalue weighted by Crippen LogP contribution is 2.27. The van der Waals surface area contributed by atoms with Gasteiger partial charge in [-0.15, -0.1) is 0 Å². The van der Waals surface area contributed by atoms with Crippen LogP contribution in [0.15, 0.2) is 18.2 Å². The van der Waals surface area contributed by atoms with E-state index >= 15 is 0 Å². The zero-order chi connectivity index (χ0) is 12.5. The molecule has 0 atom stereocenters. The second-order valence-corrected chi connectivity index (χ2v) is 4.22. The topological polar surface area (TPSA) is 33.3 Å². The van der Waals surface area contributed by atoms with Gasteiger partial charge in [0.1, 0.15) is 5.75 Å². The van der Waals surface area contributed by atoms with Gasteiger partial charge in [-0.25, -0.2) is 0 Å². The molecule has 2 N–H and O–H groups in total. The van der Waals surface area contributed by atoms with Crippen molar-refractivity contribution >= 4 is 17.3 Å². The average Bonchev–Trinajstić information content (AvgIpc) is 2.32. The van der Waals surface area contributed by atoms with Crippen LogP contribution >= 0.6 is 11.6 Å². The van der Waals surface area contributed by atoms with E-state index in [0.29, 0.717) is 11.6 Å². The van der Waals surface area contributed by atoms with E-state index in [1.807, 2.05) is 32.2 Å². The van der Waals surface area contributed by atoms with Crippen LogP contribution in [0.3, 0.4) is 0 Å². The molecular weight excluding hydrogens is 236 g/mol. The summed E-state index contributed by atoms with van der Waals surface area (Å²) in [6.07, 6.45) is 2.32. The number of rotatable bonds is 8. The smallest absolute Gasteiger partial charge is 0.138 e. The van der Waals surface area contributed by atoms with E-state index in [0.717, 1.165) is 30.9 Å². The first-order chi connectivity index (χ1) is 8.27. The van der Waals surface area contributed by atoms with Crippen LogP contribution in [0.25, 0.3) is 0 Å². The summed E-state index contributed by atoms with van der Waals surface area (Å²) >= 11 is 6.10. The summed E-state index contributed by atoms with van der Waals surface area (Å²) < 4.78 is 5.38. The first-order valence-corrected chi connectivity index (χ1v) is 6.46. The maximum absolute atomic E-state index is 6.10. The highest BCUT2D eigenvalue weighted by Gasteiger charge is 2.01. The Bertz CT molecular complexity index is 331. The van der Waals surface area contributed by atoms with Crippen molar-refractivity contribution in [1.82, 2.24) is 5.32 Å². The van der Waals surface area contributed by atoms with Crippen LogP contribution in [0.5, 0.6) is 5.75 Å². The summed E-state index contributed by atoms with van der Waals surface area (Å²) in [7, 11) is 1.97. The summed E-state index contributed by atoms with van der Waals surface area (Å²) in [6.45, 7) is 4.61. The summed E-state index contributed by atoms with van der Waals surface area (Å²) in [5, 5.41) is 7.14.